The minimum Gasteiger partial charge on any atom is -0.481 e. The van der Waals surface area contributed by atoms with E-state index in [-0.39, 0.29) is 17.0 Å². The molecule has 1 rings (SSSR count). The summed E-state index contributed by atoms with van der Waals surface area (Å²) in [6.07, 6.45) is -0.238. The second-order valence-corrected chi connectivity index (χ2v) is 3.10. The van der Waals surface area contributed by atoms with Crippen LogP contribution in [0.1, 0.15) is 11.1 Å². The number of nitriles is 1. The Morgan fingerprint density at radius 2 is 2.29 bits per heavy atom. The van der Waals surface area contributed by atoms with Crippen LogP contribution in [-0.2, 0) is 11.2 Å². The summed E-state index contributed by atoms with van der Waals surface area (Å²) in [5, 5.41) is 17.4. The maximum atomic E-state index is 10.4. The van der Waals surface area contributed by atoms with Crippen molar-refractivity contribution < 1.29 is 9.90 Å². The number of halogens is 1. The van der Waals surface area contributed by atoms with Gasteiger partial charge in [0, 0.05) is 5.69 Å². The van der Waals surface area contributed by atoms with Crippen molar-refractivity contribution in [2.24, 2.45) is 0 Å². The fraction of sp³-hybridized carbons (Fsp3) is 0.111. The molecule has 1 aromatic carbocycles. The monoisotopic (exact) mass is 210 g/mol. The lowest BCUT2D eigenvalue weighted by Gasteiger charge is -2.04. The van der Waals surface area contributed by atoms with Crippen LogP contribution in [0.3, 0.4) is 0 Å². The van der Waals surface area contributed by atoms with Crippen molar-refractivity contribution in [2.45, 2.75) is 6.42 Å². The van der Waals surface area contributed by atoms with Crippen LogP contribution in [-0.4, -0.2) is 11.1 Å². The third-order valence-electron chi connectivity index (χ3n) is 1.63. The van der Waals surface area contributed by atoms with Gasteiger partial charge in [-0.25, -0.2) is 0 Å². The summed E-state index contributed by atoms with van der Waals surface area (Å²) in [5.74, 6) is -1.01. The zero-order valence-electron chi connectivity index (χ0n) is 7.12. The van der Waals surface area contributed by atoms with Crippen LogP contribution in [0.25, 0.3) is 0 Å². The first kappa shape index (κ1) is 10.4. The molecule has 0 bridgehead atoms. The second-order valence-electron chi connectivity index (χ2n) is 2.72. The molecular formula is C9H7ClN2O2. The van der Waals surface area contributed by atoms with Gasteiger partial charge in [-0.2, -0.15) is 5.26 Å². The second kappa shape index (κ2) is 3.99. The Kier molecular flexibility index (Phi) is 2.95. The topological polar surface area (TPSA) is 87.1 Å². The predicted octanol–water partition coefficient (Wildman–Crippen LogP) is 1.42. The maximum Gasteiger partial charge on any atom is 0.307 e. The van der Waals surface area contributed by atoms with Crippen molar-refractivity contribution in [1.29, 1.82) is 5.26 Å². The Bertz CT molecular complexity index is 424. The van der Waals surface area contributed by atoms with E-state index in [1.165, 1.54) is 12.1 Å². The molecule has 0 aliphatic rings. The molecule has 4 nitrogen and oxygen atoms in total. The Morgan fingerprint density at radius 3 is 2.79 bits per heavy atom. The Hall–Kier alpha value is -1.73. The normalized spacial score (nSPS) is 9.43. The van der Waals surface area contributed by atoms with E-state index in [9.17, 15) is 4.79 Å². The SMILES string of the molecule is N#Cc1cc(N)cc(CC(=O)O)c1Cl. The Labute approximate surface area is 85.5 Å². The van der Waals surface area contributed by atoms with Gasteiger partial charge in [-0.1, -0.05) is 11.6 Å². The first-order chi connectivity index (χ1) is 6.54. The van der Waals surface area contributed by atoms with Crippen LogP contribution >= 0.6 is 11.6 Å². The number of carbonyl (C=O) groups is 1. The number of aliphatic carboxylic acids is 1. The van der Waals surface area contributed by atoms with Crippen molar-refractivity contribution in [3.05, 3.63) is 28.3 Å². The van der Waals surface area contributed by atoms with E-state index in [2.05, 4.69) is 0 Å². The molecule has 0 spiro atoms. The number of carboxylic acids is 1. The lowest BCUT2D eigenvalue weighted by Crippen LogP contribution is -2.02. The van der Waals surface area contributed by atoms with E-state index in [0.717, 1.165) is 0 Å². The van der Waals surface area contributed by atoms with Gasteiger partial charge in [0.25, 0.3) is 0 Å². The highest BCUT2D eigenvalue weighted by atomic mass is 35.5. The molecule has 1 aromatic rings. The number of nitrogen functional groups attached to an aromatic ring is 1. The first-order valence-electron chi connectivity index (χ1n) is 3.74. The van der Waals surface area contributed by atoms with Gasteiger partial charge in [0.15, 0.2) is 0 Å². The summed E-state index contributed by atoms with van der Waals surface area (Å²) in [7, 11) is 0. The molecule has 0 atom stereocenters. The van der Waals surface area contributed by atoms with Gasteiger partial charge in [-0.15, -0.1) is 0 Å². The van der Waals surface area contributed by atoms with Crippen molar-refractivity contribution in [2.75, 3.05) is 5.73 Å². The quantitative estimate of drug-likeness (QED) is 0.723. The molecule has 0 fully saturated rings. The van der Waals surface area contributed by atoms with Crippen molar-refractivity contribution in [3.63, 3.8) is 0 Å². The number of nitrogens with zero attached hydrogens (tertiary/aromatic N) is 1. The highest BCUT2D eigenvalue weighted by Gasteiger charge is 2.10. The van der Waals surface area contributed by atoms with Gasteiger partial charge >= 0.3 is 5.97 Å². The lowest BCUT2D eigenvalue weighted by atomic mass is 10.1. The molecule has 3 N–H and O–H groups in total. The molecule has 5 heteroatoms. The zero-order valence-corrected chi connectivity index (χ0v) is 7.88. The number of carboxylic acid groups (broad SMARTS) is 1. The van der Waals surface area contributed by atoms with E-state index in [0.29, 0.717) is 11.3 Å². The highest BCUT2D eigenvalue weighted by Crippen LogP contribution is 2.24. The highest BCUT2D eigenvalue weighted by molar-refractivity contribution is 6.32. The van der Waals surface area contributed by atoms with Crippen LogP contribution in [0.15, 0.2) is 12.1 Å². The van der Waals surface area contributed by atoms with Crippen LogP contribution < -0.4 is 5.73 Å². The Balaban J connectivity index is 3.23. The molecular weight excluding hydrogens is 204 g/mol. The van der Waals surface area contributed by atoms with Gasteiger partial charge in [0.05, 0.1) is 17.0 Å². The molecule has 0 saturated carbocycles. The molecule has 0 heterocycles. The van der Waals surface area contributed by atoms with Crippen LogP contribution in [0.2, 0.25) is 5.02 Å². The number of benzene rings is 1. The van der Waals surface area contributed by atoms with Crippen LogP contribution in [0.5, 0.6) is 0 Å². The molecule has 0 unspecified atom stereocenters. The smallest absolute Gasteiger partial charge is 0.307 e. The minimum atomic E-state index is -1.01. The molecule has 0 aromatic heterocycles. The average molecular weight is 211 g/mol. The zero-order chi connectivity index (χ0) is 10.7. The van der Waals surface area contributed by atoms with Gasteiger partial charge in [0.2, 0.25) is 0 Å². The van der Waals surface area contributed by atoms with E-state index >= 15 is 0 Å². The first-order valence-corrected chi connectivity index (χ1v) is 4.12. The van der Waals surface area contributed by atoms with Crippen molar-refractivity contribution >= 4 is 23.3 Å². The summed E-state index contributed by atoms with van der Waals surface area (Å²) in [6.45, 7) is 0. The number of nitrogens with two attached hydrogens (primary N) is 1. The maximum absolute atomic E-state index is 10.4. The summed E-state index contributed by atoms with van der Waals surface area (Å²) in [6, 6.07) is 4.71. The Morgan fingerprint density at radius 1 is 1.64 bits per heavy atom. The average Bonchev–Trinajstić information content (AvgIpc) is 2.09. The van der Waals surface area contributed by atoms with Gasteiger partial charge in [-0.3, -0.25) is 4.79 Å². The van der Waals surface area contributed by atoms with Crippen LogP contribution in [0, 0.1) is 11.3 Å². The lowest BCUT2D eigenvalue weighted by molar-refractivity contribution is -0.136. The van der Waals surface area contributed by atoms with E-state index in [4.69, 9.17) is 27.7 Å². The van der Waals surface area contributed by atoms with Crippen LogP contribution in [0.4, 0.5) is 5.69 Å². The number of hydrogen-bond donors (Lipinski definition) is 2. The summed E-state index contributed by atoms with van der Waals surface area (Å²) >= 11 is 5.78. The number of hydrogen-bond acceptors (Lipinski definition) is 3. The fourth-order valence-corrected chi connectivity index (χ4v) is 1.30. The molecule has 0 aliphatic carbocycles. The van der Waals surface area contributed by atoms with Crippen molar-refractivity contribution in [1.82, 2.24) is 0 Å². The van der Waals surface area contributed by atoms with E-state index in [1.54, 1.807) is 0 Å². The molecule has 14 heavy (non-hydrogen) atoms. The summed E-state index contributed by atoms with van der Waals surface area (Å²) in [5.41, 5.74) is 6.37. The van der Waals surface area contributed by atoms with E-state index in [1.807, 2.05) is 6.07 Å². The molecule has 72 valence electrons. The minimum absolute atomic E-state index is 0.157. The third kappa shape index (κ3) is 2.15. The summed E-state index contributed by atoms with van der Waals surface area (Å²) < 4.78 is 0. The molecule has 0 amide bonds. The molecule has 0 radical (unpaired) electrons. The van der Waals surface area contributed by atoms with Gasteiger partial charge in [0.1, 0.15) is 6.07 Å². The third-order valence-corrected chi connectivity index (χ3v) is 2.08. The predicted molar refractivity (Wildman–Crippen MR) is 51.9 cm³/mol. The molecule has 0 aliphatic heterocycles. The van der Waals surface area contributed by atoms with Crippen molar-refractivity contribution in [3.8, 4) is 6.07 Å². The van der Waals surface area contributed by atoms with E-state index < -0.39 is 5.97 Å². The van der Waals surface area contributed by atoms with Gasteiger partial charge < -0.3 is 10.8 Å². The number of anilines is 1. The largest absolute Gasteiger partial charge is 0.481 e. The fourth-order valence-electron chi connectivity index (χ4n) is 1.08. The van der Waals surface area contributed by atoms with Gasteiger partial charge in [-0.05, 0) is 17.7 Å². The summed E-state index contributed by atoms with van der Waals surface area (Å²) in [4.78, 5) is 10.4. The standard InChI is InChI=1S/C9H7ClN2O2/c10-9-5(3-8(13)14)1-7(12)2-6(9)4-11/h1-2H,3,12H2,(H,13,14). The molecule has 0 saturated heterocycles. The number of rotatable bonds is 2.